The highest BCUT2D eigenvalue weighted by Crippen LogP contribution is 2.32. The highest BCUT2D eigenvalue weighted by molar-refractivity contribution is 14.1. The van der Waals surface area contributed by atoms with Crippen LogP contribution in [0.3, 0.4) is 0 Å². The number of hydrogen-bond donors (Lipinski definition) is 1. The van der Waals surface area contributed by atoms with E-state index in [1.807, 2.05) is 18.2 Å². The molecule has 1 heterocycles. The number of nitro benzene ring substituents is 1. The predicted octanol–water partition coefficient (Wildman–Crippen LogP) is 4.12. The first-order valence-electron chi connectivity index (χ1n) is 8.19. The quantitative estimate of drug-likeness (QED) is 0.389. The Balaban J connectivity index is 1.95. The van der Waals surface area contributed by atoms with Crippen molar-refractivity contribution < 1.29 is 13.3 Å². The lowest BCUT2D eigenvalue weighted by atomic mass is 10.2. The van der Waals surface area contributed by atoms with Crippen molar-refractivity contribution in [3.05, 3.63) is 56.1 Å². The van der Waals surface area contributed by atoms with Crippen molar-refractivity contribution in [2.45, 2.75) is 24.2 Å². The van der Waals surface area contributed by atoms with Crippen molar-refractivity contribution in [2.24, 2.45) is 0 Å². The van der Waals surface area contributed by atoms with Crippen molar-refractivity contribution >= 4 is 49.7 Å². The molecule has 2 aromatic rings. The van der Waals surface area contributed by atoms with Gasteiger partial charge in [0.15, 0.2) is 0 Å². The molecule has 0 atom stereocenters. The van der Waals surface area contributed by atoms with Gasteiger partial charge in [-0.15, -0.1) is 0 Å². The summed E-state index contributed by atoms with van der Waals surface area (Å²) in [6, 6.07) is 11.4. The van der Waals surface area contributed by atoms with Gasteiger partial charge in [-0.25, -0.2) is 8.42 Å². The van der Waals surface area contributed by atoms with E-state index in [-0.39, 0.29) is 16.3 Å². The molecule has 1 fully saturated rings. The third-order valence-corrected chi connectivity index (χ3v) is 6.79. The fourth-order valence-electron chi connectivity index (χ4n) is 2.90. The Labute approximate surface area is 165 Å². The molecule has 9 heteroatoms. The van der Waals surface area contributed by atoms with Crippen LogP contribution in [0.25, 0.3) is 0 Å². The van der Waals surface area contributed by atoms with Gasteiger partial charge in [0, 0.05) is 28.4 Å². The third-order valence-electron chi connectivity index (χ3n) is 4.22. The van der Waals surface area contributed by atoms with Crippen LogP contribution in [-0.2, 0) is 10.0 Å². The maximum Gasteiger partial charge on any atom is 0.294 e. The molecule has 1 aliphatic heterocycles. The molecule has 26 heavy (non-hydrogen) atoms. The highest BCUT2D eigenvalue weighted by atomic mass is 127. The number of anilines is 2. The van der Waals surface area contributed by atoms with Gasteiger partial charge in [-0.1, -0.05) is 12.5 Å². The number of piperidine rings is 1. The Bertz CT molecular complexity index is 927. The topological polar surface area (TPSA) is 92.5 Å². The Morgan fingerprint density at radius 3 is 2.46 bits per heavy atom. The molecular weight excluding hydrogens is 469 g/mol. The van der Waals surface area contributed by atoms with Crippen molar-refractivity contribution in [3.63, 3.8) is 0 Å². The molecule has 2 aromatic carbocycles. The summed E-state index contributed by atoms with van der Waals surface area (Å²) in [5.74, 6) is 0. The summed E-state index contributed by atoms with van der Waals surface area (Å²) >= 11 is 2.15. The predicted molar refractivity (Wildman–Crippen MR) is 108 cm³/mol. The Hall–Kier alpha value is -1.72. The van der Waals surface area contributed by atoms with E-state index in [0.29, 0.717) is 18.8 Å². The van der Waals surface area contributed by atoms with Crippen molar-refractivity contribution in [3.8, 4) is 0 Å². The van der Waals surface area contributed by atoms with E-state index in [4.69, 9.17) is 0 Å². The monoisotopic (exact) mass is 487 g/mol. The summed E-state index contributed by atoms with van der Waals surface area (Å²) in [4.78, 5) is 10.9. The average Bonchev–Trinajstić information content (AvgIpc) is 2.62. The van der Waals surface area contributed by atoms with Crippen molar-refractivity contribution in [2.75, 3.05) is 18.4 Å². The number of nitro groups is 1. The first-order valence-corrected chi connectivity index (χ1v) is 10.7. The van der Waals surface area contributed by atoms with Crippen LogP contribution in [0.15, 0.2) is 47.4 Å². The lowest BCUT2D eigenvalue weighted by Gasteiger charge is -2.25. The standard InChI is InChI=1S/C17H18IN3O4S/c18-13-5-4-6-14(11-13)19-16-8-7-15(12-17(16)21(22)23)26(24,25)20-9-2-1-3-10-20/h4-8,11-12,19H,1-3,9-10H2. The van der Waals surface area contributed by atoms with Crippen LogP contribution in [0, 0.1) is 13.7 Å². The van der Waals surface area contributed by atoms with Gasteiger partial charge in [0.2, 0.25) is 10.0 Å². The third kappa shape index (κ3) is 4.15. The van der Waals surface area contributed by atoms with Gasteiger partial charge < -0.3 is 5.32 Å². The van der Waals surface area contributed by atoms with Gasteiger partial charge in [0.25, 0.3) is 5.69 Å². The van der Waals surface area contributed by atoms with E-state index in [1.165, 1.54) is 16.4 Å². The molecule has 1 aliphatic rings. The normalized spacial score (nSPS) is 15.6. The van der Waals surface area contributed by atoms with Crippen LogP contribution in [-0.4, -0.2) is 30.7 Å². The van der Waals surface area contributed by atoms with Crippen molar-refractivity contribution in [1.29, 1.82) is 0 Å². The molecule has 0 aromatic heterocycles. The van der Waals surface area contributed by atoms with E-state index in [2.05, 4.69) is 27.9 Å². The fraction of sp³-hybridized carbons (Fsp3) is 0.294. The maximum absolute atomic E-state index is 12.8. The van der Waals surface area contributed by atoms with Crippen LogP contribution < -0.4 is 5.32 Å². The molecule has 0 bridgehead atoms. The zero-order chi connectivity index (χ0) is 18.7. The highest BCUT2D eigenvalue weighted by Gasteiger charge is 2.28. The minimum absolute atomic E-state index is 0.0423. The van der Waals surface area contributed by atoms with Crippen LogP contribution in [0.1, 0.15) is 19.3 Å². The van der Waals surface area contributed by atoms with Crippen LogP contribution in [0.2, 0.25) is 0 Å². The van der Waals surface area contributed by atoms with Gasteiger partial charge in [0.1, 0.15) is 5.69 Å². The zero-order valence-electron chi connectivity index (χ0n) is 13.9. The second-order valence-electron chi connectivity index (χ2n) is 6.04. The molecule has 0 radical (unpaired) electrons. The molecular formula is C17H18IN3O4S. The second kappa shape index (κ2) is 7.89. The van der Waals surface area contributed by atoms with E-state index in [9.17, 15) is 18.5 Å². The van der Waals surface area contributed by atoms with Gasteiger partial charge >= 0.3 is 0 Å². The van der Waals surface area contributed by atoms with E-state index in [0.717, 1.165) is 28.9 Å². The Morgan fingerprint density at radius 1 is 1.08 bits per heavy atom. The van der Waals surface area contributed by atoms with Gasteiger partial charge in [0.05, 0.1) is 9.82 Å². The molecule has 138 valence electrons. The van der Waals surface area contributed by atoms with E-state index in [1.54, 1.807) is 6.07 Å². The zero-order valence-corrected chi connectivity index (χ0v) is 16.9. The molecule has 0 saturated carbocycles. The fourth-order valence-corrected chi connectivity index (χ4v) is 4.99. The number of sulfonamides is 1. The summed E-state index contributed by atoms with van der Waals surface area (Å²) in [5, 5.41) is 14.5. The first-order chi connectivity index (χ1) is 12.4. The maximum atomic E-state index is 12.8. The van der Waals surface area contributed by atoms with E-state index >= 15 is 0 Å². The first kappa shape index (κ1) is 19.1. The molecule has 1 N–H and O–H groups in total. The van der Waals surface area contributed by atoms with Gasteiger partial charge in [-0.2, -0.15) is 4.31 Å². The van der Waals surface area contributed by atoms with Crippen molar-refractivity contribution in [1.82, 2.24) is 4.31 Å². The van der Waals surface area contributed by atoms with Crippen LogP contribution >= 0.6 is 22.6 Å². The SMILES string of the molecule is O=[N+]([O-])c1cc(S(=O)(=O)N2CCCCC2)ccc1Nc1cccc(I)c1. The smallest absolute Gasteiger partial charge is 0.294 e. The number of nitrogens with one attached hydrogen (secondary N) is 1. The number of nitrogens with zero attached hydrogens (tertiary/aromatic N) is 2. The molecule has 0 aliphatic carbocycles. The number of benzene rings is 2. The molecule has 0 spiro atoms. The summed E-state index contributed by atoms with van der Waals surface area (Å²) in [6.07, 6.45) is 2.63. The van der Waals surface area contributed by atoms with Gasteiger partial charge in [-0.05, 0) is 65.8 Å². The summed E-state index contributed by atoms with van der Waals surface area (Å²) in [5.41, 5.74) is 0.697. The van der Waals surface area contributed by atoms with E-state index < -0.39 is 14.9 Å². The largest absolute Gasteiger partial charge is 0.350 e. The molecule has 7 nitrogen and oxygen atoms in total. The number of rotatable bonds is 5. The number of hydrogen-bond acceptors (Lipinski definition) is 5. The van der Waals surface area contributed by atoms with Gasteiger partial charge in [-0.3, -0.25) is 10.1 Å². The minimum Gasteiger partial charge on any atom is -0.350 e. The minimum atomic E-state index is -3.71. The summed E-state index contributed by atoms with van der Waals surface area (Å²) in [7, 11) is -3.71. The second-order valence-corrected chi connectivity index (χ2v) is 9.22. The lowest BCUT2D eigenvalue weighted by molar-refractivity contribution is -0.384. The summed E-state index contributed by atoms with van der Waals surface area (Å²) in [6.45, 7) is 0.914. The van der Waals surface area contributed by atoms with Crippen LogP contribution in [0.5, 0.6) is 0 Å². The summed E-state index contributed by atoms with van der Waals surface area (Å²) < 4.78 is 27.9. The molecule has 3 rings (SSSR count). The molecule has 0 amide bonds. The average molecular weight is 487 g/mol. The van der Waals surface area contributed by atoms with Crippen LogP contribution in [0.4, 0.5) is 17.1 Å². The lowest BCUT2D eigenvalue weighted by Crippen LogP contribution is -2.35. The molecule has 1 saturated heterocycles. The Kier molecular flexibility index (Phi) is 5.78. The molecule has 0 unspecified atom stereocenters. The number of halogens is 1. The Morgan fingerprint density at radius 2 is 1.81 bits per heavy atom.